The number of nitrogens with zero attached hydrogens (tertiary/aromatic N) is 1. The summed E-state index contributed by atoms with van der Waals surface area (Å²) in [6, 6.07) is 5.27. The van der Waals surface area contributed by atoms with Crippen molar-refractivity contribution in [2.45, 2.75) is 18.9 Å². The smallest absolute Gasteiger partial charge is 0.254 e. The normalized spacial score (nSPS) is 21.9. The lowest BCUT2D eigenvalue weighted by molar-refractivity contribution is -0.115. The van der Waals surface area contributed by atoms with Crippen LogP contribution in [-0.2, 0) is 11.2 Å². The van der Waals surface area contributed by atoms with Crippen LogP contribution in [0.4, 0.5) is 5.69 Å². The van der Waals surface area contributed by atoms with Gasteiger partial charge >= 0.3 is 0 Å². The third-order valence-corrected chi connectivity index (χ3v) is 3.43. The van der Waals surface area contributed by atoms with Gasteiger partial charge < -0.3 is 15.3 Å². The largest absolute Gasteiger partial charge is 0.391 e. The van der Waals surface area contributed by atoms with Crippen molar-refractivity contribution in [2.75, 3.05) is 18.4 Å². The zero-order chi connectivity index (χ0) is 12.7. The number of rotatable bonds is 1. The summed E-state index contributed by atoms with van der Waals surface area (Å²) < 4.78 is 0. The van der Waals surface area contributed by atoms with E-state index in [1.54, 1.807) is 17.0 Å². The number of aliphatic hydroxyl groups excluding tert-OH is 1. The van der Waals surface area contributed by atoms with Gasteiger partial charge in [0.05, 0.1) is 12.5 Å². The third kappa shape index (κ3) is 1.86. The third-order valence-electron chi connectivity index (χ3n) is 3.43. The number of β-amino-alcohol motifs (C(OH)–C–C–N with tert-alkyl or cyclic N) is 1. The molecule has 1 aromatic rings. The molecule has 5 nitrogen and oxygen atoms in total. The zero-order valence-electron chi connectivity index (χ0n) is 9.85. The van der Waals surface area contributed by atoms with E-state index in [1.165, 1.54) is 0 Å². The van der Waals surface area contributed by atoms with Gasteiger partial charge in [0, 0.05) is 24.3 Å². The van der Waals surface area contributed by atoms with Gasteiger partial charge in [0.15, 0.2) is 0 Å². The molecule has 1 saturated heterocycles. The second-order valence-corrected chi connectivity index (χ2v) is 4.79. The van der Waals surface area contributed by atoms with E-state index in [0.717, 1.165) is 11.3 Å². The summed E-state index contributed by atoms with van der Waals surface area (Å²) in [5.74, 6) is -0.123. The van der Waals surface area contributed by atoms with Gasteiger partial charge in [-0.3, -0.25) is 9.59 Å². The fourth-order valence-electron chi connectivity index (χ4n) is 2.46. The Hall–Kier alpha value is -1.88. The molecule has 0 radical (unpaired) electrons. The SMILES string of the molecule is O=C1Cc2ccc(C(=O)N3CC[C@H](O)C3)cc2N1. The van der Waals surface area contributed by atoms with Crippen LogP contribution in [0.25, 0.3) is 0 Å². The van der Waals surface area contributed by atoms with E-state index in [4.69, 9.17) is 0 Å². The fourth-order valence-corrected chi connectivity index (χ4v) is 2.46. The number of hydrogen-bond donors (Lipinski definition) is 2. The first-order chi connectivity index (χ1) is 8.63. The van der Waals surface area contributed by atoms with E-state index >= 15 is 0 Å². The van der Waals surface area contributed by atoms with Crippen molar-refractivity contribution >= 4 is 17.5 Å². The van der Waals surface area contributed by atoms with Crippen LogP contribution in [0, 0.1) is 0 Å². The quantitative estimate of drug-likeness (QED) is 0.753. The Morgan fingerprint density at radius 3 is 3.00 bits per heavy atom. The average molecular weight is 246 g/mol. The molecule has 0 aromatic heterocycles. The van der Waals surface area contributed by atoms with Crippen molar-refractivity contribution in [1.82, 2.24) is 4.90 Å². The Labute approximate surface area is 104 Å². The van der Waals surface area contributed by atoms with Crippen LogP contribution in [0.2, 0.25) is 0 Å². The van der Waals surface area contributed by atoms with Gasteiger partial charge in [-0.25, -0.2) is 0 Å². The number of carbonyl (C=O) groups is 2. The molecule has 0 aliphatic carbocycles. The number of benzene rings is 1. The van der Waals surface area contributed by atoms with Gasteiger partial charge in [0.25, 0.3) is 5.91 Å². The molecule has 1 fully saturated rings. The summed E-state index contributed by atoms with van der Waals surface area (Å²) >= 11 is 0. The molecule has 2 amide bonds. The van der Waals surface area contributed by atoms with Crippen LogP contribution in [0.3, 0.4) is 0 Å². The summed E-state index contributed by atoms with van der Waals surface area (Å²) in [4.78, 5) is 25.1. The number of anilines is 1. The average Bonchev–Trinajstić information content (AvgIpc) is 2.92. The van der Waals surface area contributed by atoms with Crippen molar-refractivity contribution in [1.29, 1.82) is 0 Å². The lowest BCUT2D eigenvalue weighted by Gasteiger charge is -2.15. The summed E-state index contributed by atoms with van der Waals surface area (Å²) in [6.07, 6.45) is 0.600. The Morgan fingerprint density at radius 2 is 2.28 bits per heavy atom. The van der Waals surface area contributed by atoms with Crippen molar-refractivity contribution in [3.63, 3.8) is 0 Å². The van der Waals surface area contributed by atoms with Crippen LogP contribution >= 0.6 is 0 Å². The lowest BCUT2D eigenvalue weighted by Crippen LogP contribution is -2.29. The van der Waals surface area contributed by atoms with Crippen LogP contribution < -0.4 is 5.32 Å². The Morgan fingerprint density at radius 1 is 1.44 bits per heavy atom. The minimum absolute atomic E-state index is 0.0359. The standard InChI is InChI=1S/C13H14N2O3/c16-10-3-4-15(7-10)13(18)9-2-1-8-6-12(17)14-11(8)5-9/h1-2,5,10,16H,3-4,6-7H2,(H,14,17)/t10-/m0/s1. The predicted octanol–water partition coefficient (Wildman–Crippen LogP) is 0.388. The van der Waals surface area contributed by atoms with Crippen LogP contribution in [0.15, 0.2) is 18.2 Å². The summed E-state index contributed by atoms with van der Waals surface area (Å²) in [5, 5.41) is 12.2. The maximum Gasteiger partial charge on any atom is 0.254 e. The highest BCUT2D eigenvalue weighted by molar-refractivity contribution is 6.02. The summed E-state index contributed by atoms with van der Waals surface area (Å²) in [5.41, 5.74) is 2.22. The molecule has 2 heterocycles. The number of nitrogens with one attached hydrogen (secondary N) is 1. The number of carbonyl (C=O) groups excluding carboxylic acids is 2. The van der Waals surface area contributed by atoms with Gasteiger partial charge in [0.2, 0.25) is 5.91 Å². The van der Waals surface area contributed by atoms with Crippen LogP contribution in [-0.4, -0.2) is 41.0 Å². The summed E-state index contributed by atoms with van der Waals surface area (Å²) in [7, 11) is 0. The minimum atomic E-state index is -0.414. The van der Waals surface area contributed by atoms with Crippen molar-refractivity contribution < 1.29 is 14.7 Å². The Balaban J connectivity index is 1.83. The van der Waals surface area contributed by atoms with E-state index in [-0.39, 0.29) is 11.8 Å². The highest BCUT2D eigenvalue weighted by Gasteiger charge is 2.26. The molecule has 0 bridgehead atoms. The highest BCUT2D eigenvalue weighted by Crippen LogP contribution is 2.25. The Bertz CT molecular complexity index is 527. The number of fused-ring (bicyclic) bond motifs is 1. The molecule has 2 aliphatic rings. The lowest BCUT2D eigenvalue weighted by atomic mass is 10.1. The van der Waals surface area contributed by atoms with Gasteiger partial charge in [-0.05, 0) is 24.1 Å². The second kappa shape index (κ2) is 4.10. The van der Waals surface area contributed by atoms with Gasteiger partial charge in [-0.15, -0.1) is 0 Å². The maximum atomic E-state index is 12.2. The molecule has 0 unspecified atom stereocenters. The fraction of sp³-hybridized carbons (Fsp3) is 0.385. The van der Waals surface area contributed by atoms with E-state index in [1.807, 2.05) is 6.07 Å². The molecule has 18 heavy (non-hydrogen) atoms. The zero-order valence-corrected chi connectivity index (χ0v) is 9.85. The molecule has 94 valence electrons. The molecular formula is C13H14N2O3. The van der Waals surface area contributed by atoms with Crippen molar-refractivity contribution in [3.8, 4) is 0 Å². The van der Waals surface area contributed by atoms with Crippen molar-refractivity contribution in [2.24, 2.45) is 0 Å². The minimum Gasteiger partial charge on any atom is -0.391 e. The molecule has 0 saturated carbocycles. The van der Waals surface area contributed by atoms with Gasteiger partial charge in [-0.2, -0.15) is 0 Å². The second-order valence-electron chi connectivity index (χ2n) is 4.79. The highest BCUT2D eigenvalue weighted by atomic mass is 16.3. The first-order valence-corrected chi connectivity index (χ1v) is 6.03. The molecule has 3 rings (SSSR count). The molecule has 0 spiro atoms. The Kier molecular flexibility index (Phi) is 2.56. The predicted molar refractivity (Wildman–Crippen MR) is 65.3 cm³/mol. The molecule has 5 heteroatoms. The van der Waals surface area contributed by atoms with E-state index < -0.39 is 6.10 Å². The van der Waals surface area contributed by atoms with Gasteiger partial charge in [0.1, 0.15) is 0 Å². The number of hydrogen-bond acceptors (Lipinski definition) is 3. The van der Waals surface area contributed by atoms with Crippen molar-refractivity contribution in [3.05, 3.63) is 29.3 Å². The summed E-state index contributed by atoms with van der Waals surface area (Å²) in [6.45, 7) is 0.978. The van der Waals surface area contributed by atoms with Gasteiger partial charge in [-0.1, -0.05) is 6.07 Å². The first kappa shape index (κ1) is 11.2. The number of likely N-dealkylation sites (tertiary alicyclic amines) is 1. The monoisotopic (exact) mass is 246 g/mol. The van der Waals surface area contributed by atoms with E-state index in [2.05, 4.69) is 5.32 Å². The molecule has 1 atom stereocenters. The topological polar surface area (TPSA) is 69.6 Å². The number of amides is 2. The molecular weight excluding hydrogens is 232 g/mol. The molecule has 2 N–H and O–H groups in total. The molecule has 2 aliphatic heterocycles. The van der Waals surface area contributed by atoms with E-state index in [0.29, 0.717) is 31.5 Å². The van der Waals surface area contributed by atoms with Crippen LogP contribution in [0.5, 0.6) is 0 Å². The number of aliphatic hydroxyl groups is 1. The first-order valence-electron chi connectivity index (χ1n) is 6.03. The molecule has 1 aromatic carbocycles. The van der Waals surface area contributed by atoms with E-state index in [9.17, 15) is 14.7 Å². The maximum absolute atomic E-state index is 12.2. The van der Waals surface area contributed by atoms with Crippen LogP contribution in [0.1, 0.15) is 22.3 Å².